The quantitative estimate of drug-likeness (QED) is 0.677. The zero-order valence-corrected chi connectivity index (χ0v) is 7.51. The van der Waals surface area contributed by atoms with Gasteiger partial charge in [0.05, 0.1) is 8.22 Å². The molecule has 0 aliphatic carbocycles. The average molecular weight is 191 g/mol. The molecule has 1 aromatic heterocycles. The zero-order valence-electron chi connectivity index (χ0n) is 13.5. The molecule has 2 rings (SSSR count). The van der Waals surface area contributed by atoms with E-state index in [-0.39, 0.29) is 11.7 Å². The topological polar surface area (TPSA) is 22.0 Å². The molecule has 2 nitrogen and oxygen atoms in total. The van der Waals surface area contributed by atoms with E-state index in [2.05, 4.69) is 0 Å². The zero-order chi connectivity index (χ0) is 15.2. The van der Waals surface area contributed by atoms with Crippen LogP contribution in [0, 0.1) is 6.92 Å². The molecule has 0 aliphatic rings. The summed E-state index contributed by atoms with van der Waals surface area (Å²) >= 11 is 0. The summed E-state index contributed by atoms with van der Waals surface area (Å²) in [7, 11) is 0. The fourth-order valence-electron chi connectivity index (χ4n) is 1.08. The molecule has 0 bridgehead atoms. The second kappa shape index (κ2) is 3.50. The van der Waals surface area contributed by atoms with Crippen molar-refractivity contribution in [3.63, 3.8) is 0 Å². The highest BCUT2D eigenvalue weighted by Crippen LogP contribution is 2.04. The largest absolute Gasteiger partial charge is 0.284 e. The number of nitrogens with zero attached hydrogens (tertiary/aromatic N) is 1. The number of aryl methyl sites for hydroxylation is 1. The lowest BCUT2D eigenvalue weighted by atomic mass is 10.3. The predicted octanol–water partition coefficient (Wildman–Crippen LogP) is 2.15. The van der Waals surface area contributed by atoms with E-state index in [1.54, 1.807) is 6.92 Å². The molecule has 0 fully saturated rings. The number of hydrogen-bond acceptors (Lipinski definition) is 1. The highest BCUT2D eigenvalue weighted by molar-refractivity contribution is 5.32. The van der Waals surface area contributed by atoms with Crippen LogP contribution in [-0.2, 0) is 0 Å². The van der Waals surface area contributed by atoms with Gasteiger partial charge in [-0.2, -0.15) is 0 Å². The molecule has 0 amide bonds. The van der Waals surface area contributed by atoms with E-state index in [9.17, 15) is 4.79 Å². The first-order valence-corrected chi connectivity index (χ1v) is 4.03. The van der Waals surface area contributed by atoms with Gasteiger partial charge in [0, 0.05) is 18.0 Å². The minimum absolute atomic E-state index is 0.0404. The fraction of sp³-hybridized carbons (Fsp3) is 0.0833. The molecule has 2 heteroatoms. The number of pyridine rings is 1. The van der Waals surface area contributed by atoms with Crippen LogP contribution in [0.1, 0.15) is 13.8 Å². The maximum absolute atomic E-state index is 11.9. The van der Waals surface area contributed by atoms with Crippen molar-refractivity contribution in [3.05, 3.63) is 64.4 Å². The van der Waals surface area contributed by atoms with Gasteiger partial charge in [-0.05, 0) is 24.6 Å². The van der Waals surface area contributed by atoms with Gasteiger partial charge in [0.1, 0.15) is 0 Å². The van der Waals surface area contributed by atoms with Crippen molar-refractivity contribution in [3.8, 4) is 5.69 Å². The van der Waals surface area contributed by atoms with Crippen LogP contribution in [0.2, 0.25) is 0 Å². The summed E-state index contributed by atoms with van der Waals surface area (Å²) in [6.07, 6.45) is 1.30. The number of para-hydroxylation sites is 1. The molecule has 70 valence electrons. The van der Waals surface area contributed by atoms with Crippen LogP contribution in [0.5, 0.6) is 0 Å². The van der Waals surface area contributed by atoms with Gasteiger partial charge >= 0.3 is 0 Å². The lowest BCUT2D eigenvalue weighted by Crippen LogP contribution is -2.16. The molecule has 0 atom stereocenters. The third kappa shape index (κ3) is 1.59. The summed E-state index contributed by atoms with van der Waals surface area (Å²) in [5.41, 5.74) is -0.348. The summed E-state index contributed by atoms with van der Waals surface area (Å²) in [6.45, 7) is 1.60. The Morgan fingerprint density at radius 3 is 2.64 bits per heavy atom. The van der Waals surface area contributed by atoms with Gasteiger partial charge in [0.15, 0.2) is 0 Å². The van der Waals surface area contributed by atoms with Gasteiger partial charge in [-0.3, -0.25) is 9.36 Å². The first kappa shape index (κ1) is 4.13. The summed E-state index contributed by atoms with van der Waals surface area (Å²) in [5, 5.41) is 0. The number of benzene rings is 1. The first-order valence-electron chi connectivity index (χ1n) is 7.03. The Balaban J connectivity index is 2.91. The third-order valence-corrected chi connectivity index (χ3v) is 1.71. The molecule has 0 spiro atoms. The van der Waals surface area contributed by atoms with Crippen molar-refractivity contribution in [2.45, 2.75) is 6.92 Å². The van der Waals surface area contributed by atoms with Crippen LogP contribution in [0.3, 0.4) is 0 Å². The molecule has 2 aromatic rings. The lowest BCUT2D eigenvalue weighted by molar-refractivity contribution is 0.976. The van der Waals surface area contributed by atoms with Crippen LogP contribution in [0.4, 0.5) is 0 Å². The van der Waals surface area contributed by atoms with Crippen molar-refractivity contribution < 1.29 is 8.22 Å². The monoisotopic (exact) mass is 191 g/mol. The van der Waals surface area contributed by atoms with Crippen molar-refractivity contribution in [2.24, 2.45) is 0 Å². The number of hydrogen-bond donors (Lipinski definition) is 0. The average Bonchev–Trinajstić information content (AvgIpc) is 2.40. The second-order valence-electron chi connectivity index (χ2n) is 2.78. The predicted molar refractivity (Wildman–Crippen MR) is 56.8 cm³/mol. The van der Waals surface area contributed by atoms with Crippen molar-refractivity contribution >= 4 is 0 Å². The van der Waals surface area contributed by atoms with E-state index in [1.807, 2.05) is 0 Å². The smallest absolute Gasteiger partial charge is 0.255 e. The summed E-state index contributed by atoms with van der Waals surface area (Å²) in [5.74, 6) is 0. The fourth-order valence-corrected chi connectivity index (χ4v) is 1.08. The van der Waals surface area contributed by atoms with Gasteiger partial charge in [-0.1, -0.05) is 24.2 Å². The van der Waals surface area contributed by atoms with Crippen LogP contribution in [0.25, 0.3) is 5.69 Å². The molecule has 1 aromatic carbocycles. The molecular weight excluding hydrogens is 174 g/mol. The van der Waals surface area contributed by atoms with Gasteiger partial charge in [0.2, 0.25) is 0 Å². The Hall–Kier alpha value is -1.83. The van der Waals surface area contributed by atoms with Gasteiger partial charge in [-0.25, -0.2) is 0 Å². The van der Waals surface area contributed by atoms with Crippen molar-refractivity contribution in [1.82, 2.24) is 4.57 Å². The maximum Gasteiger partial charge on any atom is 0.255 e. The molecule has 0 saturated heterocycles. The molecule has 0 N–H and O–H groups in total. The lowest BCUT2D eigenvalue weighted by Gasteiger charge is -2.05. The molecule has 14 heavy (non-hydrogen) atoms. The Labute approximate surface area is 90.9 Å². The summed E-state index contributed by atoms with van der Waals surface area (Å²) in [6, 6.07) is -1.31. The van der Waals surface area contributed by atoms with Crippen LogP contribution >= 0.6 is 0 Å². The van der Waals surface area contributed by atoms with Crippen molar-refractivity contribution in [2.75, 3.05) is 0 Å². The van der Waals surface area contributed by atoms with E-state index in [1.165, 1.54) is 6.20 Å². The summed E-state index contributed by atoms with van der Waals surface area (Å²) in [4.78, 5) is 11.9. The van der Waals surface area contributed by atoms with Gasteiger partial charge in [-0.15, -0.1) is 0 Å². The molecule has 1 heterocycles. The molecule has 0 saturated carbocycles. The van der Waals surface area contributed by atoms with Crippen LogP contribution in [-0.4, -0.2) is 4.57 Å². The Morgan fingerprint density at radius 1 is 1.21 bits per heavy atom. The highest BCUT2D eigenvalue weighted by atomic mass is 16.1. The van der Waals surface area contributed by atoms with Crippen LogP contribution in [0.15, 0.2) is 53.3 Å². The highest BCUT2D eigenvalue weighted by Gasteiger charge is 1.97. The van der Waals surface area contributed by atoms with E-state index < -0.39 is 35.8 Å². The normalized spacial score (nSPS) is 16.1. The van der Waals surface area contributed by atoms with Crippen LogP contribution < -0.4 is 5.56 Å². The van der Waals surface area contributed by atoms with Gasteiger partial charge < -0.3 is 0 Å². The minimum Gasteiger partial charge on any atom is -0.284 e. The Bertz CT molecular complexity index is 739. The maximum atomic E-state index is 11.9. The Kier molecular flexibility index (Phi) is 1.03. The van der Waals surface area contributed by atoms with Crippen molar-refractivity contribution in [1.29, 1.82) is 0 Å². The van der Waals surface area contributed by atoms with E-state index in [4.69, 9.17) is 8.22 Å². The second-order valence-corrected chi connectivity index (χ2v) is 2.78. The summed E-state index contributed by atoms with van der Waals surface area (Å²) < 4.78 is 46.8. The van der Waals surface area contributed by atoms with E-state index in [0.717, 1.165) is 10.6 Å². The minimum atomic E-state index is -0.612. The van der Waals surface area contributed by atoms with Gasteiger partial charge in [0.25, 0.3) is 5.56 Å². The molecule has 0 unspecified atom stereocenters. The SMILES string of the molecule is [2H]c1cc(=O)n(-c2c([2H])c([2H])c([2H])c([2H])c2[2H])cc1C. The molecule has 0 radical (unpaired) electrons. The standard InChI is InChI=1S/C12H11NO/c1-10-7-8-12(14)13(9-10)11-5-3-2-4-6-11/h2-9H,1H3/i2D,3D,4D,5D,6D,7D. The first-order chi connectivity index (χ1) is 9.25. The number of rotatable bonds is 1. The van der Waals surface area contributed by atoms with E-state index >= 15 is 0 Å². The van der Waals surface area contributed by atoms with E-state index in [0.29, 0.717) is 5.56 Å². The third-order valence-electron chi connectivity index (χ3n) is 1.71. The molecule has 0 aliphatic heterocycles. The Morgan fingerprint density at radius 2 is 1.93 bits per heavy atom. The molecular formula is C12H11NO. The number of aromatic nitrogens is 1.